The summed E-state index contributed by atoms with van der Waals surface area (Å²) in [5.74, 6) is -3.31. The standard InChI is InChI=1S/C8H13F2NO/c1-5(2)11-7(12)6-3-8(9,10)4-6/h5-6H,3-4H2,1-2H3,(H,11,12). The van der Waals surface area contributed by atoms with Crippen LogP contribution in [0.15, 0.2) is 0 Å². The van der Waals surface area contributed by atoms with Gasteiger partial charge in [0.1, 0.15) is 0 Å². The van der Waals surface area contributed by atoms with Crippen LogP contribution in [0.25, 0.3) is 0 Å². The van der Waals surface area contributed by atoms with Crippen molar-refractivity contribution in [2.24, 2.45) is 5.92 Å². The second-order valence-corrected chi connectivity index (χ2v) is 3.62. The quantitative estimate of drug-likeness (QED) is 0.681. The Balaban J connectivity index is 2.29. The van der Waals surface area contributed by atoms with Gasteiger partial charge in [-0.1, -0.05) is 0 Å². The third-order valence-corrected chi connectivity index (χ3v) is 1.89. The van der Waals surface area contributed by atoms with Gasteiger partial charge in [0, 0.05) is 24.8 Å². The van der Waals surface area contributed by atoms with Crippen LogP contribution in [0.2, 0.25) is 0 Å². The second-order valence-electron chi connectivity index (χ2n) is 3.62. The van der Waals surface area contributed by atoms with E-state index in [4.69, 9.17) is 0 Å². The Morgan fingerprint density at radius 3 is 2.33 bits per heavy atom. The molecule has 0 bridgehead atoms. The lowest BCUT2D eigenvalue weighted by atomic mass is 9.80. The molecular formula is C8H13F2NO. The average molecular weight is 177 g/mol. The maximum absolute atomic E-state index is 12.3. The molecule has 0 radical (unpaired) electrons. The molecule has 1 saturated carbocycles. The molecule has 0 saturated heterocycles. The molecule has 2 nitrogen and oxygen atoms in total. The summed E-state index contributed by atoms with van der Waals surface area (Å²) in [6, 6.07) is 0.0340. The first-order valence-electron chi connectivity index (χ1n) is 4.09. The van der Waals surface area contributed by atoms with E-state index in [1.165, 1.54) is 0 Å². The van der Waals surface area contributed by atoms with Crippen molar-refractivity contribution in [3.8, 4) is 0 Å². The largest absolute Gasteiger partial charge is 0.354 e. The van der Waals surface area contributed by atoms with E-state index in [1.807, 2.05) is 13.8 Å². The molecule has 1 fully saturated rings. The number of carbonyl (C=O) groups excluding carboxylic acids is 1. The first kappa shape index (κ1) is 9.42. The van der Waals surface area contributed by atoms with E-state index in [1.54, 1.807) is 0 Å². The van der Waals surface area contributed by atoms with Crippen LogP contribution in [0.1, 0.15) is 26.7 Å². The zero-order chi connectivity index (χ0) is 9.35. The third-order valence-electron chi connectivity index (χ3n) is 1.89. The lowest BCUT2D eigenvalue weighted by Gasteiger charge is -2.34. The van der Waals surface area contributed by atoms with Crippen LogP contribution in [-0.4, -0.2) is 17.9 Å². The van der Waals surface area contributed by atoms with Gasteiger partial charge < -0.3 is 5.32 Å². The molecule has 1 aliphatic carbocycles. The van der Waals surface area contributed by atoms with E-state index in [0.717, 1.165) is 0 Å². The van der Waals surface area contributed by atoms with Crippen LogP contribution >= 0.6 is 0 Å². The molecule has 4 heteroatoms. The lowest BCUT2D eigenvalue weighted by Crippen LogP contribution is -2.46. The molecule has 0 aromatic carbocycles. The molecular weight excluding hydrogens is 164 g/mol. The van der Waals surface area contributed by atoms with E-state index in [0.29, 0.717) is 0 Å². The SMILES string of the molecule is CC(C)NC(=O)C1CC(F)(F)C1. The van der Waals surface area contributed by atoms with Crippen LogP contribution in [0.3, 0.4) is 0 Å². The highest BCUT2D eigenvalue weighted by molar-refractivity contribution is 5.80. The molecule has 12 heavy (non-hydrogen) atoms. The first-order chi connectivity index (χ1) is 5.41. The molecule has 0 atom stereocenters. The van der Waals surface area contributed by atoms with Gasteiger partial charge in [-0.25, -0.2) is 8.78 Å². The summed E-state index contributed by atoms with van der Waals surface area (Å²) >= 11 is 0. The molecule has 0 heterocycles. The van der Waals surface area contributed by atoms with Crippen molar-refractivity contribution in [3.05, 3.63) is 0 Å². The van der Waals surface area contributed by atoms with Gasteiger partial charge in [0.25, 0.3) is 0 Å². The monoisotopic (exact) mass is 177 g/mol. The van der Waals surface area contributed by atoms with Crippen LogP contribution in [0, 0.1) is 5.92 Å². The molecule has 1 rings (SSSR count). The molecule has 0 spiro atoms. The predicted octanol–water partition coefficient (Wildman–Crippen LogP) is 1.56. The van der Waals surface area contributed by atoms with Crippen molar-refractivity contribution in [1.29, 1.82) is 0 Å². The molecule has 1 amide bonds. The van der Waals surface area contributed by atoms with Gasteiger partial charge in [0.2, 0.25) is 11.8 Å². The van der Waals surface area contributed by atoms with Crippen LogP contribution in [0.5, 0.6) is 0 Å². The van der Waals surface area contributed by atoms with Gasteiger partial charge in [0.15, 0.2) is 0 Å². The van der Waals surface area contributed by atoms with Gasteiger partial charge in [0.05, 0.1) is 0 Å². The minimum Gasteiger partial charge on any atom is -0.354 e. The van der Waals surface area contributed by atoms with Crippen molar-refractivity contribution < 1.29 is 13.6 Å². The Morgan fingerprint density at radius 1 is 1.50 bits per heavy atom. The smallest absolute Gasteiger partial charge is 0.249 e. The van der Waals surface area contributed by atoms with Gasteiger partial charge >= 0.3 is 0 Å². The Bertz CT molecular complexity index is 183. The summed E-state index contributed by atoms with van der Waals surface area (Å²) in [5.41, 5.74) is 0. The number of halogens is 2. The number of alkyl halides is 2. The zero-order valence-corrected chi connectivity index (χ0v) is 7.23. The minimum atomic E-state index is -2.60. The van der Waals surface area contributed by atoms with E-state index in [2.05, 4.69) is 5.32 Å². The summed E-state index contributed by atoms with van der Waals surface area (Å²) in [4.78, 5) is 11.1. The highest BCUT2D eigenvalue weighted by atomic mass is 19.3. The number of carbonyl (C=O) groups is 1. The fourth-order valence-electron chi connectivity index (χ4n) is 1.25. The number of nitrogens with one attached hydrogen (secondary N) is 1. The molecule has 0 aromatic heterocycles. The zero-order valence-electron chi connectivity index (χ0n) is 7.23. The maximum Gasteiger partial charge on any atom is 0.249 e. The highest BCUT2D eigenvalue weighted by Gasteiger charge is 2.48. The summed E-state index contributed by atoms with van der Waals surface area (Å²) in [5, 5.41) is 2.61. The summed E-state index contributed by atoms with van der Waals surface area (Å²) in [6.07, 6.45) is -0.572. The number of hydrogen-bond acceptors (Lipinski definition) is 1. The van der Waals surface area contributed by atoms with Crippen molar-refractivity contribution in [3.63, 3.8) is 0 Å². The Labute approximate surface area is 70.3 Å². The van der Waals surface area contributed by atoms with E-state index in [-0.39, 0.29) is 24.8 Å². The Hall–Kier alpha value is -0.670. The number of amides is 1. The summed E-state index contributed by atoms with van der Waals surface area (Å²) in [6.45, 7) is 3.63. The second kappa shape index (κ2) is 2.99. The van der Waals surface area contributed by atoms with E-state index >= 15 is 0 Å². The molecule has 70 valence electrons. The van der Waals surface area contributed by atoms with Crippen molar-refractivity contribution in [1.82, 2.24) is 5.32 Å². The summed E-state index contributed by atoms with van der Waals surface area (Å²) in [7, 11) is 0. The van der Waals surface area contributed by atoms with Crippen LogP contribution in [-0.2, 0) is 4.79 Å². The topological polar surface area (TPSA) is 29.1 Å². The fraction of sp³-hybridized carbons (Fsp3) is 0.875. The third kappa shape index (κ3) is 2.16. The van der Waals surface area contributed by atoms with E-state index in [9.17, 15) is 13.6 Å². The van der Waals surface area contributed by atoms with Crippen molar-refractivity contribution >= 4 is 5.91 Å². The molecule has 0 aliphatic heterocycles. The molecule has 1 aliphatic rings. The fourth-order valence-corrected chi connectivity index (χ4v) is 1.25. The van der Waals surface area contributed by atoms with Gasteiger partial charge in [-0.15, -0.1) is 0 Å². The van der Waals surface area contributed by atoms with Gasteiger partial charge in [-0.3, -0.25) is 4.79 Å². The molecule has 0 unspecified atom stereocenters. The van der Waals surface area contributed by atoms with Gasteiger partial charge in [-0.05, 0) is 13.8 Å². The normalized spacial score (nSPS) is 22.1. The van der Waals surface area contributed by atoms with Crippen LogP contribution in [0.4, 0.5) is 8.78 Å². The van der Waals surface area contributed by atoms with E-state index < -0.39 is 11.8 Å². The molecule has 0 aromatic rings. The molecule has 1 N–H and O–H groups in total. The average Bonchev–Trinajstić information content (AvgIpc) is 1.80. The minimum absolute atomic E-state index is 0.0340. The maximum atomic E-state index is 12.3. The Kier molecular flexibility index (Phi) is 2.35. The summed E-state index contributed by atoms with van der Waals surface area (Å²) < 4.78 is 24.6. The lowest BCUT2D eigenvalue weighted by molar-refractivity contribution is -0.150. The predicted molar refractivity (Wildman–Crippen MR) is 40.9 cm³/mol. The van der Waals surface area contributed by atoms with Crippen molar-refractivity contribution in [2.45, 2.75) is 38.7 Å². The number of hydrogen-bond donors (Lipinski definition) is 1. The van der Waals surface area contributed by atoms with Gasteiger partial charge in [-0.2, -0.15) is 0 Å². The highest BCUT2D eigenvalue weighted by Crippen LogP contribution is 2.42. The van der Waals surface area contributed by atoms with Crippen molar-refractivity contribution in [2.75, 3.05) is 0 Å². The number of rotatable bonds is 2. The van der Waals surface area contributed by atoms with Crippen LogP contribution < -0.4 is 5.32 Å². The Morgan fingerprint density at radius 2 is 2.00 bits per heavy atom. The first-order valence-corrected chi connectivity index (χ1v) is 4.09.